The quantitative estimate of drug-likeness (QED) is 0.577. The first kappa shape index (κ1) is 20.2. The zero-order valence-corrected chi connectivity index (χ0v) is 17.6. The van der Waals surface area contributed by atoms with Crippen LogP contribution >= 0.6 is 11.3 Å². The molecule has 156 valence electrons. The largest absolute Gasteiger partial charge is 0.486 e. The van der Waals surface area contributed by atoms with Gasteiger partial charge in [0.1, 0.15) is 13.2 Å². The van der Waals surface area contributed by atoms with Crippen LogP contribution in [-0.2, 0) is 21.2 Å². The van der Waals surface area contributed by atoms with Crippen molar-refractivity contribution in [2.75, 3.05) is 23.3 Å². The molecule has 9 heteroatoms. The third-order valence-corrected chi connectivity index (χ3v) is 6.74. The maximum atomic E-state index is 12.7. The van der Waals surface area contributed by atoms with E-state index in [1.165, 1.54) is 12.1 Å². The number of aryl methyl sites for hydroxylation is 1. The number of benzene rings is 2. The van der Waals surface area contributed by atoms with E-state index in [0.717, 1.165) is 4.88 Å². The van der Waals surface area contributed by atoms with Crippen molar-refractivity contribution < 1.29 is 22.7 Å². The molecule has 7 nitrogen and oxygen atoms in total. The highest BCUT2D eigenvalue weighted by Crippen LogP contribution is 2.32. The van der Waals surface area contributed by atoms with Gasteiger partial charge in [-0.15, -0.1) is 11.3 Å². The number of hydrogen-bond donors (Lipinski definition) is 2. The number of hydrogen-bond acceptors (Lipinski definition) is 6. The normalized spacial score (nSPS) is 12.9. The van der Waals surface area contributed by atoms with E-state index in [2.05, 4.69) is 10.0 Å². The van der Waals surface area contributed by atoms with Gasteiger partial charge in [0, 0.05) is 28.7 Å². The molecule has 2 N–H and O–H groups in total. The van der Waals surface area contributed by atoms with Crippen LogP contribution in [0.4, 0.5) is 11.4 Å². The average molecular weight is 445 g/mol. The maximum absolute atomic E-state index is 12.7. The van der Waals surface area contributed by atoms with E-state index >= 15 is 0 Å². The molecule has 0 aliphatic carbocycles. The Hall–Kier alpha value is -3.04. The van der Waals surface area contributed by atoms with Gasteiger partial charge in [0.2, 0.25) is 5.91 Å². The molecule has 30 heavy (non-hydrogen) atoms. The third kappa shape index (κ3) is 4.92. The van der Waals surface area contributed by atoms with Crippen LogP contribution in [0.1, 0.15) is 11.3 Å². The van der Waals surface area contributed by atoms with Crippen molar-refractivity contribution in [3.05, 3.63) is 64.9 Å². The molecule has 1 aliphatic rings. The number of rotatable bonds is 7. The van der Waals surface area contributed by atoms with E-state index in [-0.39, 0.29) is 10.8 Å². The van der Waals surface area contributed by atoms with Crippen molar-refractivity contribution in [2.24, 2.45) is 0 Å². The van der Waals surface area contributed by atoms with Crippen LogP contribution in [0.15, 0.2) is 64.9 Å². The summed E-state index contributed by atoms with van der Waals surface area (Å²) in [6, 6.07) is 15.0. The minimum Gasteiger partial charge on any atom is -0.486 e. The third-order valence-electron chi connectivity index (χ3n) is 4.42. The second-order valence-electron chi connectivity index (χ2n) is 6.62. The summed E-state index contributed by atoms with van der Waals surface area (Å²) in [5.41, 5.74) is 0.995. The zero-order valence-electron chi connectivity index (χ0n) is 16.0. The molecule has 2 heterocycles. The number of carbonyl (C=O) groups excluding carboxylic acids is 1. The lowest BCUT2D eigenvalue weighted by atomic mass is 10.2. The molecule has 1 aliphatic heterocycles. The van der Waals surface area contributed by atoms with E-state index < -0.39 is 10.0 Å². The smallest absolute Gasteiger partial charge is 0.262 e. The van der Waals surface area contributed by atoms with Gasteiger partial charge in [0.05, 0.1) is 4.90 Å². The zero-order chi connectivity index (χ0) is 21.0. The lowest BCUT2D eigenvalue weighted by Gasteiger charge is -2.19. The number of anilines is 2. The van der Waals surface area contributed by atoms with E-state index in [9.17, 15) is 13.2 Å². The minimum absolute atomic E-state index is 0.0812. The topological polar surface area (TPSA) is 93.7 Å². The highest BCUT2D eigenvalue weighted by molar-refractivity contribution is 7.92. The molecule has 3 aromatic rings. The molecule has 0 saturated carbocycles. The van der Waals surface area contributed by atoms with Crippen LogP contribution in [0.2, 0.25) is 0 Å². The summed E-state index contributed by atoms with van der Waals surface area (Å²) in [7, 11) is -3.79. The van der Waals surface area contributed by atoms with Crippen LogP contribution in [0.3, 0.4) is 0 Å². The van der Waals surface area contributed by atoms with Gasteiger partial charge in [0.25, 0.3) is 10.0 Å². The first-order valence-corrected chi connectivity index (χ1v) is 11.7. The maximum Gasteiger partial charge on any atom is 0.262 e. The van der Waals surface area contributed by atoms with Crippen molar-refractivity contribution in [1.29, 1.82) is 0 Å². The fourth-order valence-corrected chi connectivity index (χ4v) is 4.72. The molecule has 0 atom stereocenters. The summed E-state index contributed by atoms with van der Waals surface area (Å²) in [4.78, 5) is 13.3. The Balaban J connectivity index is 1.37. The molecule has 0 fully saturated rings. The number of amides is 1. The van der Waals surface area contributed by atoms with E-state index in [1.54, 1.807) is 41.7 Å². The number of carbonyl (C=O) groups is 1. The van der Waals surface area contributed by atoms with Crippen molar-refractivity contribution in [3.63, 3.8) is 0 Å². The Morgan fingerprint density at radius 3 is 2.43 bits per heavy atom. The number of nitrogens with one attached hydrogen (secondary N) is 2. The molecule has 0 spiro atoms. The standard InChI is InChI=1S/C21H20N2O5S2/c24-21(10-7-17-2-1-13-29-17)22-15-3-5-16(6-4-15)23-30(25,26)18-8-9-19-20(14-18)28-12-11-27-19/h1-6,8-9,13-14,23H,7,10-12H2,(H,22,24). The van der Waals surface area contributed by atoms with Gasteiger partial charge in [-0.1, -0.05) is 6.07 Å². The van der Waals surface area contributed by atoms with Gasteiger partial charge in [-0.05, 0) is 54.3 Å². The Labute approximate surface area is 178 Å². The predicted molar refractivity (Wildman–Crippen MR) is 116 cm³/mol. The SMILES string of the molecule is O=C(CCc1cccs1)Nc1ccc(NS(=O)(=O)c2ccc3c(c2)OCCO3)cc1. The fraction of sp³-hybridized carbons (Fsp3) is 0.190. The second-order valence-corrected chi connectivity index (χ2v) is 9.33. The first-order chi connectivity index (χ1) is 14.5. The van der Waals surface area contributed by atoms with Gasteiger partial charge >= 0.3 is 0 Å². The number of sulfonamides is 1. The molecule has 0 radical (unpaired) electrons. The van der Waals surface area contributed by atoms with Crippen LogP contribution in [0, 0.1) is 0 Å². The first-order valence-electron chi connectivity index (χ1n) is 9.34. The molecule has 4 rings (SSSR count). The molecule has 1 aromatic heterocycles. The van der Waals surface area contributed by atoms with Gasteiger partial charge < -0.3 is 14.8 Å². The van der Waals surface area contributed by atoms with Gasteiger partial charge in [-0.2, -0.15) is 0 Å². The number of ether oxygens (including phenoxy) is 2. The predicted octanol–water partition coefficient (Wildman–Crippen LogP) is 3.89. The molecule has 0 saturated heterocycles. The monoisotopic (exact) mass is 444 g/mol. The van der Waals surface area contributed by atoms with Crippen LogP contribution in [0.25, 0.3) is 0 Å². The second kappa shape index (κ2) is 8.76. The summed E-state index contributed by atoms with van der Waals surface area (Å²) in [6.45, 7) is 0.818. The molecule has 0 bridgehead atoms. The summed E-state index contributed by atoms with van der Waals surface area (Å²) in [5.74, 6) is 0.845. The lowest BCUT2D eigenvalue weighted by molar-refractivity contribution is -0.116. The Bertz CT molecular complexity index is 1130. The van der Waals surface area contributed by atoms with E-state index in [1.807, 2.05) is 17.5 Å². The Morgan fingerprint density at radius 1 is 0.967 bits per heavy atom. The van der Waals surface area contributed by atoms with Crippen molar-refractivity contribution in [1.82, 2.24) is 0 Å². The molecule has 1 amide bonds. The van der Waals surface area contributed by atoms with E-state index in [0.29, 0.717) is 48.9 Å². The fourth-order valence-electron chi connectivity index (χ4n) is 2.94. The van der Waals surface area contributed by atoms with Crippen molar-refractivity contribution in [3.8, 4) is 11.5 Å². The summed E-state index contributed by atoms with van der Waals surface area (Å²) in [6.07, 6.45) is 1.08. The molecular formula is C21H20N2O5S2. The highest BCUT2D eigenvalue weighted by atomic mass is 32.2. The minimum atomic E-state index is -3.79. The van der Waals surface area contributed by atoms with Gasteiger partial charge in [-0.3, -0.25) is 9.52 Å². The summed E-state index contributed by atoms with van der Waals surface area (Å²) >= 11 is 1.62. The molecule has 0 unspecified atom stereocenters. The highest BCUT2D eigenvalue weighted by Gasteiger charge is 2.19. The van der Waals surface area contributed by atoms with Crippen LogP contribution < -0.4 is 19.5 Å². The Kier molecular flexibility index (Phi) is 5.91. The lowest BCUT2D eigenvalue weighted by Crippen LogP contribution is -2.17. The summed E-state index contributed by atoms with van der Waals surface area (Å²) in [5, 5.41) is 4.80. The van der Waals surface area contributed by atoms with Gasteiger partial charge in [-0.25, -0.2) is 8.42 Å². The van der Waals surface area contributed by atoms with Crippen LogP contribution in [0.5, 0.6) is 11.5 Å². The number of fused-ring (bicyclic) bond motifs is 1. The number of thiophene rings is 1. The Morgan fingerprint density at radius 2 is 1.70 bits per heavy atom. The average Bonchev–Trinajstić information content (AvgIpc) is 3.27. The van der Waals surface area contributed by atoms with Crippen LogP contribution in [-0.4, -0.2) is 27.5 Å². The van der Waals surface area contributed by atoms with Crippen molar-refractivity contribution in [2.45, 2.75) is 17.7 Å². The summed E-state index contributed by atoms with van der Waals surface area (Å²) < 4.78 is 38.7. The van der Waals surface area contributed by atoms with Crippen molar-refractivity contribution >= 4 is 38.6 Å². The van der Waals surface area contributed by atoms with E-state index in [4.69, 9.17) is 9.47 Å². The van der Waals surface area contributed by atoms with Gasteiger partial charge in [0.15, 0.2) is 11.5 Å². The molecule has 2 aromatic carbocycles. The molecular weight excluding hydrogens is 424 g/mol.